The quantitative estimate of drug-likeness (QED) is 0.362. The predicted molar refractivity (Wildman–Crippen MR) is 150 cm³/mol. The van der Waals surface area contributed by atoms with E-state index in [4.69, 9.17) is 9.47 Å². The molecular formula is C33H53NO5. The van der Waals surface area contributed by atoms with E-state index in [0.29, 0.717) is 41.2 Å². The number of nitrogens with zero attached hydrogens (tertiary/aromatic N) is 1. The van der Waals surface area contributed by atoms with Crippen molar-refractivity contribution < 1.29 is 23.9 Å². The summed E-state index contributed by atoms with van der Waals surface area (Å²) in [5.74, 6) is 4.06. The van der Waals surface area contributed by atoms with Crippen LogP contribution in [0.15, 0.2) is 0 Å². The number of ether oxygens (including phenoxy) is 2. The van der Waals surface area contributed by atoms with Crippen molar-refractivity contribution in [1.29, 1.82) is 0 Å². The Balaban J connectivity index is 1.21. The first-order valence-corrected chi connectivity index (χ1v) is 16.0. The third-order valence-corrected chi connectivity index (χ3v) is 12.7. The van der Waals surface area contributed by atoms with Crippen LogP contribution >= 0.6 is 0 Å². The number of esters is 1. The molecule has 5 rings (SSSR count). The van der Waals surface area contributed by atoms with E-state index in [9.17, 15) is 14.4 Å². The molecule has 4 aliphatic carbocycles. The molecule has 39 heavy (non-hydrogen) atoms. The van der Waals surface area contributed by atoms with Crippen molar-refractivity contribution in [3.05, 3.63) is 0 Å². The van der Waals surface area contributed by atoms with Crippen LogP contribution in [0.2, 0.25) is 0 Å². The molecule has 0 bridgehead atoms. The number of carbonyl (C=O) groups excluding carboxylic acids is 3. The lowest BCUT2D eigenvalue weighted by Crippen LogP contribution is -2.54. The molecule has 1 saturated heterocycles. The molecule has 0 radical (unpaired) electrons. The zero-order chi connectivity index (χ0) is 28.3. The van der Waals surface area contributed by atoms with Crippen LogP contribution < -0.4 is 0 Å². The van der Waals surface area contributed by atoms with E-state index in [2.05, 4.69) is 27.7 Å². The van der Waals surface area contributed by atoms with Crippen molar-refractivity contribution in [2.75, 3.05) is 6.54 Å². The van der Waals surface area contributed by atoms with Gasteiger partial charge in [0, 0.05) is 27.3 Å². The van der Waals surface area contributed by atoms with Crippen molar-refractivity contribution in [3.63, 3.8) is 0 Å². The zero-order valence-corrected chi connectivity index (χ0v) is 25.5. The Morgan fingerprint density at radius 3 is 2.31 bits per heavy atom. The summed E-state index contributed by atoms with van der Waals surface area (Å²) < 4.78 is 12.5. The Hall–Kier alpha value is -1.43. The number of hydrogen-bond donors (Lipinski definition) is 0. The molecule has 4 saturated carbocycles. The number of hydrogen-bond acceptors (Lipinski definition) is 5. The second kappa shape index (κ2) is 10.8. The normalized spacial score (nSPS) is 45.4. The minimum atomic E-state index is -0.163. The lowest BCUT2D eigenvalue weighted by molar-refractivity contribution is -0.160. The van der Waals surface area contributed by atoms with Crippen LogP contribution in [0, 0.1) is 52.3 Å². The third kappa shape index (κ3) is 5.10. The van der Waals surface area contributed by atoms with Gasteiger partial charge in [-0.3, -0.25) is 19.3 Å². The lowest BCUT2D eigenvalue weighted by Gasteiger charge is -2.61. The smallest absolute Gasteiger partial charge is 0.302 e. The average molecular weight is 544 g/mol. The number of amides is 2. The average Bonchev–Trinajstić information content (AvgIpc) is 3.33. The minimum Gasteiger partial charge on any atom is -0.463 e. The summed E-state index contributed by atoms with van der Waals surface area (Å²) in [4.78, 5) is 36.7. The second-order valence-electron chi connectivity index (χ2n) is 14.9. The van der Waals surface area contributed by atoms with Gasteiger partial charge in [0.25, 0.3) is 0 Å². The molecule has 1 heterocycles. The monoisotopic (exact) mass is 543 g/mol. The van der Waals surface area contributed by atoms with Gasteiger partial charge in [-0.15, -0.1) is 0 Å². The largest absolute Gasteiger partial charge is 0.463 e. The van der Waals surface area contributed by atoms with Crippen molar-refractivity contribution in [1.82, 2.24) is 4.90 Å². The third-order valence-electron chi connectivity index (χ3n) is 12.7. The first-order valence-electron chi connectivity index (χ1n) is 16.0. The molecule has 220 valence electrons. The van der Waals surface area contributed by atoms with Crippen LogP contribution in [0.1, 0.15) is 113 Å². The van der Waals surface area contributed by atoms with E-state index in [-0.39, 0.29) is 35.9 Å². The first kappa shape index (κ1) is 29.1. The molecule has 0 aromatic carbocycles. The summed E-state index contributed by atoms with van der Waals surface area (Å²) >= 11 is 0. The van der Waals surface area contributed by atoms with Gasteiger partial charge >= 0.3 is 5.97 Å². The van der Waals surface area contributed by atoms with Gasteiger partial charge in [0.1, 0.15) is 6.10 Å². The van der Waals surface area contributed by atoms with Crippen LogP contribution in [-0.2, 0) is 23.9 Å². The Bertz CT molecular complexity index is 952. The highest BCUT2D eigenvalue weighted by molar-refractivity contribution is 5.92. The molecule has 5 aliphatic rings. The molecule has 6 nitrogen and oxygen atoms in total. The topological polar surface area (TPSA) is 72.9 Å². The molecular weight excluding hydrogens is 490 g/mol. The van der Waals surface area contributed by atoms with Crippen LogP contribution in [0.4, 0.5) is 0 Å². The lowest BCUT2D eigenvalue weighted by atomic mass is 9.44. The molecule has 0 aromatic rings. The Labute approximate surface area is 236 Å². The summed E-state index contributed by atoms with van der Waals surface area (Å²) in [5.41, 5.74) is 0.751. The van der Waals surface area contributed by atoms with Gasteiger partial charge in [0.2, 0.25) is 11.8 Å². The van der Waals surface area contributed by atoms with E-state index in [1.165, 1.54) is 57.3 Å². The molecule has 0 N–H and O–H groups in total. The van der Waals surface area contributed by atoms with E-state index in [1.54, 1.807) is 6.92 Å². The van der Waals surface area contributed by atoms with E-state index in [1.807, 2.05) is 0 Å². The fourth-order valence-electron chi connectivity index (χ4n) is 10.9. The summed E-state index contributed by atoms with van der Waals surface area (Å²) in [7, 11) is 0. The van der Waals surface area contributed by atoms with Crippen LogP contribution in [-0.4, -0.2) is 47.5 Å². The molecule has 2 amide bonds. The maximum atomic E-state index is 11.8. The molecule has 6 heteroatoms. The van der Waals surface area contributed by atoms with Gasteiger partial charge in [-0.2, -0.15) is 0 Å². The first-order chi connectivity index (χ1) is 18.3. The van der Waals surface area contributed by atoms with Crippen LogP contribution in [0.5, 0.6) is 0 Å². The SMILES string of the molecule is CC(=O)O[C@H]1CC[C@@]2(C)[C@@H](CC[C@H]3[C@H]2CC[C@]2(C)[C@@H]4[C@H](C)[C@@H](CC[C@@H](C)CN(C(C)=O)C(C)=O)O[C@@H]4C[C@@H]32)C1. The van der Waals surface area contributed by atoms with Gasteiger partial charge in [-0.1, -0.05) is 27.7 Å². The molecule has 1 aliphatic heterocycles. The van der Waals surface area contributed by atoms with Crippen molar-refractivity contribution in [2.24, 2.45) is 52.3 Å². The Morgan fingerprint density at radius 1 is 0.949 bits per heavy atom. The van der Waals surface area contributed by atoms with Crippen LogP contribution in [0.25, 0.3) is 0 Å². The van der Waals surface area contributed by atoms with Crippen molar-refractivity contribution >= 4 is 17.8 Å². The van der Waals surface area contributed by atoms with E-state index < -0.39 is 0 Å². The predicted octanol–water partition coefficient (Wildman–Crippen LogP) is 6.40. The molecule has 0 unspecified atom stereocenters. The molecule has 0 spiro atoms. The van der Waals surface area contributed by atoms with Gasteiger partial charge in [-0.05, 0) is 116 Å². The number of rotatable bonds is 6. The van der Waals surface area contributed by atoms with Crippen molar-refractivity contribution in [2.45, 2.75) is 131 Å². The van der Waals surface area contributed by atoms with Gasteiger partial charge < -0.3 is 9.47 Å². The standard InChI is InChI=1S/C33H53NO5/c1-19(18-34(21(3)35)22(4)36)8-11-29-20(2)31-30(39-29)17-28-26-10-9-24-16-25(38-23(5)37)12-14-32(24,6)27(26)13-15-33(28,31)7/h19-20,24-31H,8-18H2,1-7H3/t19-,20-,24+,25+,26+,27-,28+,29-,30-,31-,32+,33+/m1/s1. The number of fused-ring (bicyclic) bond motifs is 7. The van der Waals surface area contributed by atoms with Crippen LogP contribution in [0.3, 0.4) is 0 Å². The minimum absolute atomic E-state index is 0.124. The molecule has 5 fully saturated rings. The summed E-state index contributed by atoms with van der Waals surface area (Å²) in [6.07, 6.45) is 12.5. The zero-order valence-electron chi connectivity index (χ0n) is 25.5. The van der Waals surface area contributed by atoms with Gasteiger partial charge in [0.05, 0.1) is 12.2 Å². The molecule has 0 aromatic heterocycles. The summed E-state index contributed by atoms with van der Waals surface area (Å²) in [6, 6.07) is 0. The highest BCUT2D eigenvalue weighted by atomic mass is 16.5. The highest BCUT2D eigenvalue weighted by Crippen LogP contribution is 2.70. The Morgan fingerprint density at radius 2 is 1.64 bits per heavy atom. The number of imide groups is 1. The summed E-state index contributed by atoms with van der Waals surface area (Å²) in [5, 5.41) is 0. The van der Waals surface area contributed by atoms with E-state index >= 15 is 0 Å². The fraction of sp³-hybridized carbons (Fsp3) is 0.909. The van der Waals surface area contributed by atoms with E-state index in [0.717, 1.165) is 43.4 Å². The van der Waals surface area contributed by atoms with Gasteiger partial charge in [0.15, 0.2) is 0 Å². The fourth-order valence-corrected chi connectivity index (χ4v) is 10.9. The second-order valence-corrected chi connectivity index (χ2v) is 14.9. The summed E-state index contributed by atoms with van der Waals surface area (Å²) in [6.45, 7) is 14.8. The Kier molecular flexibility index (Phi) is 8.02. The molecule has 12 atom stereocenters. The highest BCUT2D eigenvalue weighted by Gasteiger charge is 2.65. The maximum Gasteiger partial charge on any atom is 0.302 e. The van der Waals surface area contributed by atoms with Gasteiger partial charge in [-0.25, -0.2) is 0 Å². The van der Waals surface area contributed by atoms with Crippen molar-refractivity contribution in [3.8, 4) is 0 Å². The maximum absolute atomic E-state index is 11.8. The number of carbonyl (C=O) groups is 3.